The van der Waals surface area contributed by atoms with Crippen molar-refractivity contribution in [3.05, 3.63) is 24.3 Å². The number of phosphoric acid groups is 2. The van der Waals surface area contributed by atoms with Crippen molar-refractivity contribution in [2.24, 2.45) is 0 Å². The summed E-state index contributed by atoms with van der Waals surface area (Å²) in [4.78, 5) is 73.0. The van der Waals surface area contributed by atoms with Crippen LogP contribution in [0.3, 0.4) is 0 Å². The highest BCUT2D eigenvalue weighted by Gasteiger charge is 2.30. The summed E-state index contributed by atoms with van der Waals surface area (Å²) in [6.07, 6.45) is 70.0. The summed E-state index contributed by atoms with van der Waals surface area (Å²) < 4.78 is 68.7. The van der Waals surface area contributed by atoms with Crippen molar-refractivity contribution < 1.29 is 80.2 Å². The van der Waals surface area contributed by atoms with Gasteiger partial charge in [-0.3, -0.25) is 37.3 Å². The van der Waals surface area contributed by atoms with Gasteiger partial charge in [-0.05, 0) is 57.8 Å². The topological polar surface area (TPSA) is 237 Å². The maximum Gasteiger partial charge on any atom is 0.472 e. The molecule has 0 aromatic heterocycles. The molecule has 0 aromatic carbocycles. The van der Waals surface area contributed by atoms with Crippen LogP contribution in [0.5, 0.6) is 0 Å². The Bertz CT molecular complexity index is 1990. The van der Waals surface area contributed by atoms with Gasteiger partial charge in [0.25, 0.3) is 0 Å². The fraction of sp³-hybridized carbons (Fsp3) is 0.901. The van der Waals surface area contributed by atoms with Gasteiger partial charge < -0.3 is 33.8 Å². The van der Waals surface area contributed by atoms with Crippen LogP contribution in [0.25, 0.3) is 0 Å². The Morgan fingerprint density at radius 1 is 0.280 bits per heavy atom. The quantitative estimate of drug-likeness (QED) is 0.0169. The van der Waals surface area contributed by atoms with Gasteiger partial charge in [0.2, 0.25) is 0 Å². The Morgan fingerprint density at radius 2 is 0.490 bits per heavy atom. The highest BCUT2D eigenvalue weighted by Crippen LogP contribution is 2.45. The second-order valence-corrected chi connectivity index (χ2v) is 31.4. The summed E-state index contributed by atoms with van der Waals surface area (Å²) in [5.74, 6) is -2.13. The van der Waals surface area contributed by atoms with Crippen LogP contribution in [0.1, 0.15) is 413 Å². The van der Waals surface area contributed by atoms with Gasteiger partial charge in [0.05, 0.1) is 26.4 Å². The minimum atomic E-state index is -4.97. The molecule has 3 N–H and O–H groups in total. The third-order valence-corrected chi connectivity index (χ3v) is 20.4. The maximum absolute atomic E-state index is 13.1. The molecule has 590 valence electrons. The molecule has 19 heteroatoms. The molecule has 0 saturated carbocycles. The number of ether oxygens (including phenoxy) is 4. The van der Waals surface area contributed by atoms with Crippen LogP contribution in [0.4, 0.5) is 0 Å². The summed E-state index contributed by atoms with van der Waals surface area (Å²) >= 11 is 0. The zero-order valence-corrected chi connectivity index (χ0v) is 66.5. The lowest BCUT2D eigenvalue weighted by Gasteiger charge is -2.21. The summed E-state index contributed by atoms with van der Waals surface area (Å²) in [7, 11) is -9.93. The minimum absolute atomic E-state index is 0.0877. The molecule has 0 heterocycles. The Labute approximate surface area is 612 Å². The first-order valence-corrected chi connectivity index (χ1v) is 44.6. The molecule has 100 heavy (non-hydrogen) atoms. The van der Waals surface area contributed by atoms with E-state index >= 15 is 0 Å². The van der Waals surface area contributed by atoms with E-state index in [1.54, 1.807) is 0 Å². The van der Waals surface area contributed by atoms with Crippen molar-refractivity contribution in [1.82, 2.24) is 0 Å². The average Bonchev–Trinajstić information content (AvgIpc) is 0.928. The fourth-order valence-corrected chi connectivity index (χ4v) is 13.7. The molecule has 0 spiro atoms. The number of hydrogen-bond donors (Lipinski definition) is 3. The van der Waals surface area contributed by atoms with Crippen molar-refractivity contribution >= 4 is 39.5 Å². The van der Waals surface area contributed by atoms with E-state index in [1.165, 1.54) is 225 Å². The highest BCUT2D eigenvalue weighted by molar-refractivity contribution is 7.47. The molecule has 0 rings (SSSR count). The fourth-order valence-electron chi connectivity index (χ4n) is 12.1. The minimum Gasteiger partial charge on any atom is -0.462 e. The molecule has 0 saturated heterocycles. The monoisotopic (exact) mass is 1460 g/mol. The Morgan fingerprint density at radius 3 is 0.760 bits per heavy atom. The van der Waals surface area contributed by atoms with Gasteiger partial charge in [0, 0.05) is 25.7 Å². The third kappa shape index (κ3) is 73.8. The molecule has 0 aromatic rings. The normalized spacial score (nSPS) is 13.9. The van der Waals surface area contributed by atoms with Gasteiger partial charge in [-0.15, -0.1) is 0 Å². The van der Waals surface area contributed by atoms with Crippen LogP contribution in [0.2, 0.25) is 0 Å². The zero-order chi connectivity index (χ0) is 73.2. The second-order valence-electron chi connectivity index (χ2n) is 28.4. The Balaban J connectivity index is 5.28. The average molecular weight is 1460 g/mol. The van der Waals surface area contributed by atoms with Crippen LogP contribution in [0.15, 0.2) is 24.3 Å². The molecule has 17 nitrogen and oxygen atoms in total. The first-order valence-electron chi connectivity index (χ1n) is 41.6. The predicted molar refractivity (Wildman–Crippen MR) is 409 cm³/mol. The van der Waals surface area contributed by atoms with Gasteiger partial charge in [-0.2, -0.15) is 0 Å². The number of esters is 4. The second kappa shape index (κ2) is 74.8. The van der Waals surface area contributed by atoms with Crippen molar-refractivity contribution in [2.75, 3.05) is 39.6 Å². The maximum atomic E-state index is 13.1. The van der Waals surface area contributed by atoms with Gasteiger partial charge in [0.15, 0.2) is 12.2 Å². The van der Waals surface area contributed by atoms with Gasteiger partial charge in [0.1, 0.15) is 19.3 Å². The van der Waals surface area contributed by atoms with E-state index in [9.17, 15) is 43.2 Å². The van der Waals surface area contributed by atoms with E-state index < -0.39 is 97.5 Å². The Kier molecular flexibility index (Phi) is 73.0. The lowest BCUT2D eigenvalue weighted by Crippen LogP contribution is -2.30. The number of carbonyl (C=O) groups is 4. The lowest BCUT2D eigenvalue weighted by atomic mass is 10.0. The lowest BCUT2D eigenvalue weighted by molar-refractivity contribution is -0.161. The number of carbonyl (C=O) groups excluding carboxylic acids is 4. The zero-order valence-electron chi connectivity index (χ0n) is 64.7. The van der Waals surface area contributed by atoms with Crippen molar-refractivity contribution in [2.45, 2.75) is 431 Å². The van der Waals surface area contributed by atoms with Gasteiger partial charge in [-0.1, -0.05) is 354 Å². The number of phosphoric ester groups is 2. The Hall–Kier alpha value is -2.46. The standard InChI is InChI=1S/C81H154O17P2/c1-5-9-13-17-21-25-29-33-36-37-40-43-46-50-54-58-62-66-79(84)92-71-76(97-80(85)67-63-59-55-51-47-41-32-28-24-20-16-12-8-4)73-95-99(87,88)93-69-75(82)70-94-100(89,90)96-74-77(98-81(86)68-64-60-56-52-48-44-39-35-31-27-23-19-15-11-7-3)72-91-78(83)65-61-57-53-49-45-42-38-34-30-26-22-18-14-10-6-2/h23,27,35,39,75-77,82H,5-22,24-26,28-34,36-38,40-74H2,1-4H3,(H,87,88)(H,89,90)/b27-23-,39-35-/t75-,76+,77+/m0/s1. The van der Waals surface area contributed by atoms with E-state index in [2.05, 4.69) is 52.0 Å². The van der Waals surface area contributed by atoms with Crippen LogP contribution >= 0.6 is 15.6 Å². The molecular formula is C81H154O17P2. The van der Waals surface area contributed by atoms with E-state index in [-0.39, 0.29) is 25.7 Å². The first kappa shape index (κ1) is 97.5. The predicted octanol–water partition coefficient (Wildman–Crippen LogP) is 24.1. The molecule has 0 aliphatic carbocycles. The summed E-state index contributed by atoms with van der Waals surface area (Å²) in [5, 5.41) is 10.6. The number of aliphatic hydroxyl groups excluding tert-OH is 1. The number of unbranched alkanes of at least 4 members (excludes halogenated alkanes) is 50. The largest absolute Gasteiger partial charge is 0.472 e. The summed E-state index contributed by atoms with van der Waals surface area (Å²) in [6, 6.07) is 0. The van der Waals surface area contributed by atoms with Crippen molar-refractivity contribution in [3.63, 3.8) is 0 Å². The molecule has 0 aliphatic heterocycles. The van der Waals surface area contributed by atoms with E-state index in [0.29, 0.717) is 25.7 Å². The molecule has 0 bridgehead atoms. The SMILES string of the molecule is CCCCC/C=C\C/C=C\CCCCCCCC(=O)O[C@H](COC(=O)CCCCCCCCCCCCCCCCC)COP(=O)(O)OC[C@@H](O)COP(=O)(O)OC[C@@H](COC(=O)CCCCCCCCCCCCCCCCCCC)OC(=O)CCCCCCCCCCCCCCC. The molecule has 0 radical (unpaired) electrons. The van der Waals surface area contributed by atoms with Gasteiger partial charge >= 0.3 is 39.5 Å². The number of rotatable bonds is 80. The van der Waals surface area contributed by atoms with E-state index in [1.807, 2.05) is 0 Å². The van der Waals surface area contributed by atoms with Gasteiger partial charge in [-0.25, -0.2) is 9.13 Å². The summed E-state index contributed by atoms with van der Waals surface area (Å²) in [5.41, 5.74) is 0. The molecular weight excluding hydrogens is 1310 g/mol. The molecule has 0 amide bonds. The number of aliphatic hydroxyl groups is 1. The van der Waals surface area contributed by atoms with Crippen molar-refractivity contribution in [1.29, 1.82) is 0 Å². The molecule has 0 fully saturated rings. The number of allylic oxidation sites excluding steroid dienone is 4. The molecule has 5 atom stereocenters. The molecule has 2 unspecified atom stereocenters. The van der Waals surface area contributed by atoms with Crippen molar-refractivity contribution in [3.8, 4) is 0 Å². The van der Waals surface area contributed by atoms with Crippen LogP contribution in [-0.2, 0) is 65.4 Å². The van der Waals surface area contributed by atoms with Crippen LogP contribution in [-0.4, -0.2) is 96.7 Å². The number of hydrogen-bond acceptors (Lipinski definition) is 15. The van der Waals surface area contributed by atoms with Crippen LogP contribution in [0, 0.1) is 0 Å². The third-order valence-electron chi connectivity index (χ3n) is 18.4. The smallest absolute Gasteiger partial charge is 0.462 e. The first-order chi connectivity index (χ1) is 48.7. The molecule has 0 aliphatic rings. The van der Waals surface area contributed by atoms with E-state index in [4.69, 9.17) is 37.0 Å². The highest BCUT2D eigenvalue weighted by atomic mass is 31.2. The van der Waals surface area contributed by atoms with E-state index in [0.717, 1.165) is 109 Å². The van der Waals surface area contributed by atoms with Crippen LogP contribution < -0.4 is 0 Å². The summed E-state index contributed by atoms with van der Waals surface area (Å²) in [6.45, 7) is 4.96.